The maximum atomic E-state index is 12.5. The monoisotopic (exact) mass is 402 g/mol. The van der Waals surface area contributed by atoms with Gasteiger partial charge in [0.1, 0.15) is 5.75 Å². The van der Waals surface area contributed by atoms with Gasteiger partial charge in [-0.05, 0) is 86.3 Å². The number of rotatable bonds is 6. The Morgan fingerprint density at radius 2 is 1.53 bits per heavy atom. The van der Waals surface area contributed by atoms with Crippen molar-refractivity contribution in [3.63, 3.8) is 0 Å². The number of ether oxygens (including phenoxy) is 1. The minimum atomic E-state index is -0.236. The van der Waals surface area contributed by atoms with E-state index in [0.717, 1.165) is 33.6 Å². The lowest BCUT2D eigenvalue weighted by molar-refractivity contribution is -0.118. The zero-order valence-electron chi connectivity index (χ0n) is 17.7. The van der Waals surface area contributed by atoms with Crippen LogP contribution in [0.3, 0.4) is 0 Å². The molecule has 0 heterocycles. The Morgan fingerprint density at radius 3 is 2.27 bits per heavy atom. The maximum Gasteiger partial charge on any atom is 0.262 e. The summed E-state index contributed by atoms with van der Waals surface area (Å²) in [5.74, 6) is 0.0951. The Balaban J connectivity index is 1.56. The lowest BCUT2D eigenvalue weighted by Crippen LogP contribution is -2.20. The second-order valence-electron chi connectivity index (χ2n) is 7.38. The summed E-state index contributed by atoms with van der Waals surface area (Å²) < 4.78 is 5.55. The number of anilines is 2. The zero-order valence-corrected chi connectivity index (χ0v) is 17.7. The lowest BCUT2D eigenvalue weighted by atomic mass is 10.1. The van der Waals surface area contributed by atoms with E-state index in [1.54, 1.807) is 24.3 Å². The smallest absolute Gasteiger partial charge is 0.262 e. The average Bonchev–Trinajstić information content (AvgIpc) is 2.73. The van der Waals surface area contributed by atoms with Crippen LogP contribution in [0.4, 0.5) is 11.4 Å². The van der Waals surface area contributed by atoms with E-state index in [-0.39, 0.29) is 18.4 Å². The van der Waals surface area contributed by atoms with E-state index in [1.165, 1.54) is 0 Å². The van der Waals surface area contributed by atoms with Crippen molar-refractivity contribution in [2.45, 2.75) is 27.7 Å². The van der Waals surface area contributed by atoms with Gasteiger partial charge in [0.15, 0.2) is 6.61 Å². The molecule has 3 aromatic carbocycles. The van der Waals surface area contributed by atoms with Crippen molar-refractivity contribution in [3.8, 4) is 5.75 Å². The van der Waals surface area contributed by atoms with Gasteiger partial charge < -0.3 is 15.4 Å². The molecule has 30 heavy (non-hydrogen) atoms. The molecule has 3 aromatic rings. The second-order valence-corrected chi connectivity index (χ2v) is 7.38. The third-order valence-electron chi connectivity index (χ3n) is 5.01. The molecule has 2 amide bonds. The van der Waals surface area contributed by atoms with Crippen molar-refractivity contribution in [3.05, 3.63) is 88.5 Å². The van der Waals surface area contributed by atoms with Crippen molar-refractivity contribution < 1.29 is 14.3 Å². The molecule has 0 spiro atoms. The first-order valence-electron chi connectivity index (χ1n) is 9.81. The number of hydrogen-bond acceptors (Lipinski definition) is 3. The average molecular weight is 402 g/mol. The molecule has 0 aliphatic carbocycles. The number of carbonyl (C=O) groups excluding carboxylic acids is 2. The van der Waals surface area contributed by atoms with Gasteiger partial charge in [-0.3, -0.25) is 9.59 Å². The molecular formula is C25H26N2O3. The van der Waals surface area contributed by atoms with Crippen LogP contribution in [0, 0.1) is 27.7 Å². The van der Waals surface area contributed by atoms with Crippen molar-refractivity contribution in [1.82, 2.24) is 0 Å². The number of amides is 2. The van der Waals surface area contributed by atoms with Crippen LogP contribution in [0.15, 0.2) is 60.7 Å². The highest BCUT2D eigenvalue weighted by atomic mass is 16.5. The highest BCUT2D eigenvalue weighted by molar-refractivity contribution is 6.04. The first-order valence-corrected chi connectivity index (χ1v) is 9.81. The molecular weight excluding hydrogens is 376 g/mol. The summed E-state index contributed by atoms with van der Waals surface area (Å²) in [6.07, 6.45) is 0. The minimum Gasteiger partial charge on any atom is -0.484 e. The predicted molar refractivity (Wildman–Crippen MR) is 120 cm³/mol. The molecule has 0 aromatic heterocycles. The maximum absolute atomic E-state index is 12.5. The fourth-order valence-corrected chi connectivity index (χ4v) is 2.99. The molecule has 0 atom stereocenters. The van der Waals surface area contributed by atoms with Gasteiger partial charge in [-0.25, -0.2) is 0 Å². The first-order chi connectivity index (χ1) is 14.3. The van der Waals surface area contributed by atoms with Gasteiger partial charge in [0.2, 0.25) is 0 Å². The Morgan fingerprint density at radius 1 is 0.800 bits per heavy atom. The Labute approximate surface area is 177 Å². The Kier molecular flexibility index (Phi) is 6.52. The van der Waals surface area contributed by atoms with Gasteiger partial charge >= 0.3 is 0 Å². The summed E-state index contributed by atoms with van der Waals surface area (Å²) in [5, 5.41) is 5.79. The topological polar surface area (TPSA) is 67.4 Å². The van der Waals surface area contributed by atoms with Gasteiger partial charge in [0, 0.05) is 16.9 Å². The normalized spacial score (nSPS) is 10.4. The second kappa shape index (κ2) is 9.27. The molecule has 0 aliphatic rings. The predicted octanol–water partition coefficient (Wildman–Crippen LogP) is 5.19. The van der Waals surface area contributed by atoms with Gasteiger partial charge in [-0.1, -0.05) is 24.3 Å². The van der Waals surface area contributed by atoms with Crippen LogP contribution in [-0.2, 0) is 4.79 Å². The Bertz CT molecular complexity index is 1070. The lowest BCUT2D eigenvalue weighted by Gasteiger charge is -2.12. The Hall–Kier alpha value is -3.60. The third-order valence-corrected chi connectivity index (χ3v) is 5.01. The van der Waals surface area contributed by atoms with E-state index < -0.39 is 0 Å². The van der Waals surface area contributed by atoms with Gasteiger partial charge in [-0.15, -0.1) is 0 Å². The molecule has 0 saturated heterocycles. The van der Waals surface area contributed by atoms with Crippen molar-refractivity contribution in [2.24, 2.45) is 0 Å². The molecule has 5 heteroatoms. The fraction of sp³-hybridized carbons (Fsp3) is 0.200. The van der Waals surface area contributed by atoms with Crippen LogP contribution in [0.5, 0.6) is 5.75 Å². The minimum absolute atomic E-state index is 0.110. The molecule has 0 fully saturated rings. The number of benzene rings is 3. The summed E-state index contributed by atoms with van der Waals surface area (Å²) in [4.78, 5) is 24.7. The van der Waals surface area contributed by atoms with E-state index in [0.29, 0.717) is 11.3 Å². The molecule has 5 nitrogen and oxygen atoms in total. The number of hydrogen-bond donors (Lipinski definition) is 2. The molecule has 0 unspecified atom stereocenters. The standard InChI is InChI=1S/C25H26N2O3/c1-16-8-9-18(3)23(14-16)26-24(28)15-30-21-12-10-20(11-13-21)25(29)27-22-7-5-6-17(2)19(22)4/h5-14H,15H2,1-4H3,(H,26,28)(H,27,29). The fourth-order valence-electron chi connectivity index (χ4n) is 2.99. The summed E-state index contributed by atoms with van der Waals surface area (Å²) in [6.45, 7) is 7.79. The van der Waals surface area contributed by atoms with Crippen LogP contribution in [0.25, 0.3) is 0 Å². The van der Waals surface area contributed by atoms with Gasteiger partial charge in [-0.2, -0.15) is 0 Å². The van der Waals surface area contributed by atoms with Crippen LogP contribution in [0.1, 0.15) is 32.6 Å². The first kappa shape index (κ1) is 21.1. The van der Waals surface area contributed by atoms with Crippen LogP contribution < -0.4 is 15.4 Å². The molecule has 3 rings (SSSR count). The highest BCUT2D eigenvalue weighted by Gasteiger charge is 2.10. The summed E-state index contributed by atoms with van der Waals surface area (Å²) in [5.41, 5.74) is 6.32. The van der Waals surface area contributed by atoms with E-state index in [2.05, 4.69) is 10.6 Å². The highest BCUT2D eigenvalue weighted by Crippen LogP contribution is 2.20. The van der Waals surface area contributed by atoms with E-state index in [4.69, 9.17) is 4.74 Å². The molecule has 154 valence electrons. The molecule has 0 radical (unpaired) electrons. The van der Waals surface area contributed by atoms with E-state index in [9.17, 15) is 9.59 Å². The zero-order chi connectivity index (χ0) is 21.7. The number of carbonyl (C=O) groups is 2. The van der Waals surface area contributed by atoms with E-state index >= 15 is 0 Å². The van der Waals surface area contributed by atoms with Gasteiger partial charge in [0.25, 0.3) is 11.8 Å². The van der Waals surface area contributed by atoms with Crippen molar-refractivity contribution in [1.29, 1.82) is 0 Å². The van der Waals surface area contributed by atoms with Gasteiger partial charge in [0.05, 0.1) is 0 Å². The summed E-state index contributed by atoms with van der Waals surface area (Å²) in [6, 6.07) is 18.4. The quantitative estimate of drug-likeness (QED) is 0.596. The van der Waals surface area contributed by atoms with Crippen molar-refractivity contribution in [2.75, 3.05) is 17.2 Å². The number of nitrogens with one attached hydrogen (secondary N) is 2. The number of aryl methyl sites for hydroxylation is 3. The largest absolute Gasteiger partial charge is 0.484 e. The third kappa shape index (κ3) is 5.26. The summed E-state index contributed by atoms with van der Waals surface area (Å²) >= 11 is 0. The van der Waals surface area contributed by atoms with E-state index in [1.807, 2.05) is 64.1 Å². The van der Waals surface area contributed by atoms with Crippen molar-refractivity contribution >= 4 is 23.2 Å². The van der Waals surface area contributed by atoms with Crippen LogP contribution in [-0.4, -0.2) is 18.4 Å². The van der Waals surface area contributed by atoms with Crippen LogP contribution in [0.2, 0.25) is 0 Å². The SMILES string of the molecule is Cc1ccc(C)c(NC(=O)COc2ccc(C(=O)Nc3cccc(C)c3C)cc2)c1. The molecule has 0 aliphatic heterocycles. The molecule has 0 bridgehead atoms. The summed E-state index contributed by atoms with van der Waals surface area (Å²) in [7, 11) is 0. The van der Waals surface area contributed by atoms with Crippen LogP contribution >= 0.6 is 0 Å². The molecule has 2 N–H and O–H groups in total. The molecule has 0 saturated carbocycles.